The van der Waals surface area contributed by atoms with E-state index in [1.807, 2.05) is 0 Å². The number of imidazole rings is 1. The first kappa shape index (κ1) is 17.1. The van der Waals surface area contributed by atoms with E-state index in [2.05, 4.69) is 14.7 Å². The number of sulfonamides is 1. The quantitative estimate of drug-likeness (QED) is 0.583. The lowest BCUT2D eigenvalue weighted by Crippen LogP contribution is -2.16. The smallest absolute Gasteiger partial charge is 0.267 e. The van der Waals surface area contributed by atoms with Crippen LogP contribution in [0, 0.1) is 11.6 Å². The minimum atomic E-state index is -4.44. The zero-order valence-corrected chi connectivity index (χ0v) is 14.5. The van der Waals surface area contributed by atoms with Crippen molar-refractivity contribution in [2.24, 2.45) is 0 Å². The molecule has 0 aliphatic carbocycles. The molecule has 0 unspecified atom stereocenters. The van der Waals surface area contributed by atoms with Crippen LogP contribution in [0.5, 0.6) is 0 Å². The number of nitrogens with zero attached hydrogens (tertiary/aromatic N) is 3. The number of aromatic nitrogens is 3. The number of halogens is 2. The second-order valence-corrected chi connectivity index (χ2v) is 7.31. The lowest BCUT2D eigenvalue weighted by atomic mass is 10.1. The molecule has 2 heterocycles. The Kier molecular flexibility index (Phi) is 4.08. The van der Waals surface area contributed by atoms with Crippen molar-refractivity contribution < 1.29 is 17.2 Å². The van der Waals surface area contributed by atoms with Crippen LogP contribution in [0.2, 0.25) is 0 Å². The van der Waals surface area contributed by atoms with E-state index in [9.17, 15) is 17.2 Å². The second-order valence-electron chi connectivity index (χ2n) is 5.69. The highest BCUT2D eigenvalue weighted by atomic mass is 32.2. The highest BCUT2D eigenvalue weighted by Crippen LogP contribution is 2.25. The molecule has 0 aliphatic rings. The average molecular weight is 386 g/mol. The molecule has 0 radical (unpaired) electrons. The van der Waals surface area contributed by atoms with E-state index < -0.39 is 26.6 Å². The Balaban J connectivity index is 1.70. The molecule has 4 aromatic rings. The van der Waals surface area contributed by atoms with E-state index in [4.69, 9.17) is 0 Å². The van der Waals surface area contributed by atoms with E-state index in [1.165, 1.54) is 12.1 Å². The van der Waals surface area contributed by atoms with Crippen molar-refractivity contribution in [2.45, 2.75) is 4.90 Å². The Morgan fingerprint density at radius 2 is 1.74 bits per heavy atom. The van der Waals surface area contributed by atoms with E-state index in [1.54, 1.807) is 41.2 Å². The summed E-state index contributed by atoms with van der Waals surface area (Å²) in [6.07, 6.45) is 5.14. The second kappa shape index (κ2) is 6.44. The van der Waals surface area contributed by atoms with Crippen LogP contribution in [0.4, 0.5) is 14.5 Å². The fourth-order valence-corrected chi connectivity index (χ4v) is 3.85. The van der Waals surface area contributed by atoms with Crippen LogP contribution in [0.3, 0.4) is 0 Å². The number of hydrogen-bond donors (Lipinski definition) is 1. The summed E-state index contributed by atoms with van der Waals surface area (Å²) in [6.45, 7) is 0. The van der Waals surface area contributed by atoms with Crippen LogP contribution in [0.25, 0.3) is 17.0 Å². The summed E-state index contributed by atoms with van der Waals surface area (Å²) in [6, 6.07) is 11.0. The van der Waals surface area contributed by atoms with Crippen LogP contribution in [0.1, 0.15) is 0 Å². The van der Waals surface area contributed by atoms with Gasteiger partial charge in [0.1, 0.15) is 11.6 Å². The highest BCUT2D eigenvalue weighted by Gasteiger charge is 2.24. The van der Waals surface area contributed by atoms with Gasteiger partial charge in [-0.15, -0.1) is 0 Å². The van der Waals surface area contributed by atoms with Crippen molar-refractivity contribution >= 4 is 21.5 Å². The molecule has 0 bridgehead atoms. The molecular weight excluding hydrogens is 374 g/mol. The van der Waals surface area contributed by atoms with Crippen molar-refractivity contribution in [1.29, 1.82) is 0 Å². The minimum Gasteiger partial charge on any atom is -0.291 e. The molecule has 0 saturated carbocycles. The molecule has 2 aromatic carbocycles. The normalized spacial score (nSPS) is 11.6. The number of fused-ring (bicyclic) bond motifs is 1. The van der Waals surface area contributed by atoms with E-state index in [0.29, 0.717) is 17.0 Å². The highest BCUT2D eigenvalue weighted by molar-refractivity contribution is 7.92. The maximum absolute atomic E-state index is 13.8. The molecule has 0 spiro atoms. The number of rotatable bonds is 4. The summed E-state index contributed by atoms with van der Waals surface area (Å²) in [5.41, 5.74) is 1.35. The van der Waals surface area contributed by atoms with Gasteiger partial charge in [0.15, 0.2) is 4.90 Å². The maximum Gasteiger partial charge on any atom is 0.267 e. The van der Waals surface area contributed by atoms with Crippen LogP contribution in [-0.4, -0.2) is 22.8 Å². The van der Waals surface area contributed by atoms with Crippen molar-refractivity contribution in [1.82, 2.24) is 14.4 Å². The van der Waals surface area contributed by atoms with Gasteiger partial charge in [0.05, 0.1) is 5.69 Å². The van der Waals surface area contributed by atoms with Gasteiger partial charge in [-0.2, -0.15) is 0 Å². The van der Waals surface area contributed by atoms with Gasteiger partial charge < -0.3 is 0 Å². The third-order valence-electron chi connectivity index (χ3n) is 3.83. The number of nitrogens with one attached hydrogen (secondary N) is 1. The Bertz CT molecular complexity index is 1200. The first-order chi connectivity index (χ1) is 12.9. The summed E-state index contributed by atoms with van der Waals surface area (Å²) in [4.78, 5) is 7.47. The van der Waals surface area contributed by atoms with Gasteiger partial charge >= 0.3 is 0 Å². The molecule has 2 aromatic heterocycles. The van der Waals surface area contributed by atoms with Crippen molar-refractivity contribution in [3.8, 4) is 11.3 Å². The van der Waals surface area contributed by atoms with Gasteiger partial charge in [-0.1, -0.05) is 18.2 Å². The van der Waals surface area contributed by atoms with Gasteiger partial charge in [0, 0.05) is 29.8 Å². The molecule has 6 nitrogen and oxygen atoms in total. The SMILES string of the molecule is O=S(=O)(Nc1cccc(-c2cn3cccnc3n2)c1)c1c(F)cccc1F. The van der Waals surface area contributed by atoms with Gasteiger partial charge in [0.25, 0.3) is 10.0 Å². The Morgan fingerprint density at radius 1 is 1.00 bits per heavy atom. The molecule has 0 atom stereocenters. The summed E-state index contributed by atoms with van der Waals surface area (Å²) >= 11 is 0. The number of anilines is 1. The van der Waals surface area contributed by atoms with Crippen LogP contribution in [0.15, 0.2) is 72.0 Å². The van der Waals surface area contributed by atoms with Crippen LogP contribution in [-0.2, 0) is 10.0 Å². The summed E-state index contributed by atoms with van der Waals surface area (Å²) in [5.74, 6) is -1.83. The average Bonchev–Trinajstić information content (AvgIpc) is 3.05. The molecule has 136 valence electrons. The van der Waals surface area contributed by atoms with Gasteiger partial charge in [-0.05, 0) is 30.3 Å². The number of benzene rings is 2. The first-order valence-electron chi connectivity index (χ1n) is 7.81. The third kappa shape index (κ3) is 3.24. The summed E-state index contributed by atoms with van der Waals surface area (Å²) in [7, 11) is -4.44. The molecule has 0 amide bonds. The molecular formula is C18H12F2N4O2S. The molecule has 9 heteroatoms. The monoisotopic (exact) mass is 386 g/mol. The zero-order valence-electron chi connectivity index (χ0n) is 13.7. The van der Waals surface area contributed by atoms with Crippen molar-refractivity contribution in [3.63, 3.8) is 0 Å². The molecule has 0 aliphatic heterocycles. The topological polar surface area (TPSA) is 76.4 Å². The fourth-order valence-electron chi connectivity index (χ4n) is 2.66. The van der Waals surface area contributed by atoms with Gasteiger partial charge in [-0.3, -0.25) is 9.12 Å². The van der Waals surface area contributed by atoms with Gasteiger partial charge in [0.2, 0.25) is 5.78 Å². The lowest BCUT2D eigenvalue weighted by Gasteiger charge is -2.10. The van der Waals surface area contributed by atoms with Gasteiger partial charge in [-0.25, -0.2) is 27.2 Å². The fraction of sp³-hybridized carbons (Fsp3) is 0. The summed E-state index contributed by atoms with van der Waals surface area (Å²) < 4.78 is 56.4. The largest absolute Gasteiger partial charge is 0.291 e. The standard InChI is InChI=1S/C18H12F2N4O2S/c19-14-6-2-7-15(20)17(14)27(25,26)23-13-5-1-4-12(10-13)16-11-24-9-3-8-21-18(24)22-16/h1-11,23H. The van der Waals surface area contributed by atoms with E-state index in [-0.39, 0.29) is 5.69 Å². The number of hydrogen-bond acceptors (Lipinski definition) is 4. The molecule has 4 rings (SSSR count). The predicted octanol–water partition coefficient (Wildman–Crippen LogP) is 3.48. The zero-order chi connectivity index (χ0) is 19.0. The lowest BCUT2D eigenvalue weighted by molar-refractivity contribution is 0.521. The molecule has 27 heavy (non-hydrogen) atoms. The van der Waals surface area contributed by atoms with Crippen molar-refractivity contribution in [3.05, 3.63) is 78.8 Å². The Morgan fingerprint density at radius 3 is 2.48 bits per heavy atom. The van der Waals surface area contributed by atoms with Crippen LogP contribution < -0.4 is 4.72 Å². The predicted molar refractivity (Wildman–Crippen MR) is 95.6 cm³/mol. The molecule has 0 saturated heterocycles. The van der Waals surface area contributed by atoms with Crippen LogP contribution >= 0.6 is 0 Å². The first-order valence-corrected chi connectivity index (χ1v) is 9.29. The van der Waals surface area contributed by atoms with Crippen molar-refractivity contribution in [2.75, 3.05) is 4.72 Å². The Labute approximate surface area is 153 Å². The Hall–Kier alpha value is -3.33. The molecule has 0 fully saturated rings. The maximum atomic E-state index is 13.8. The molecule has 1 N–H and O–H groups in total. The van der Waals surface area contributed by atoms with E-state index >= 15 is 0 Å². The minimum absolute atomic E-state index is 0.153. The third-order valence-corrected chi connectivity index (χ3v) is 5.27. The summed E-state index contributed by atoms with van der Waals surface area (Å²) in [5, 5.41) is 0. The van der Waals surface area contributed by atoms with E-state index in [0.717, 1.165) is 18.2 Å².